The second-order valence-electron chi connectivity index (χ2n) is 9.74. The van der Waals surface area contributed by atoms with Gasteiger partial charge >= 0.3 is 0 Å². The summed E-state index contributed by atoms with van der Waals surface area (Å²) in [4.78, 5) is 45.4. The zero-order chi connectivity index (χ0) is 24.2. The molecule has 2 aromatic carbocycles. The number of hydrogen-bond acceptors (Lipinski definition) is 4. The number of fused-ring (bicyclic) bond motifs is 1. The first kappa shape index (κ1) is 23.9. The van der Waals surface area contributed by atoms with Gasteiger partial charge in [-0.05, 0) is 61.8 Å². The van der Waals surface area contributed by atoms with E-state index in [4.69, 9.17) is 0 Å². The molecule has 2 aromatic rings. The topological polar surface area (TPSA) is 60.9 Å². The Morgan fingerprint density at radius 3 is 2.31 bits per heavy atom. The summed E-state index contributed by atoms with van der Waals surface area (Å²) in [6.07, 6.45) is 5.47. The molecule has 7 heteroatoms. The van der Waals surface area contributed by atoms with E-state index >= 15 is 0 Å². The number of hydrogen-bond donors (Lipinski definition) is 0. The van der Waals surface area contributed by atoms with Crippen LogP contribution in [-0.2, 0) is 16.0 Å². The van der Waals surface area contributed by atoms with Crippen LogP contribution in [0.5, 0.6) is 0 Å². The van der Waals surface area contributed by atoms with Crippen LogP contribution in [-0.4, -0.2) is 66.0 Å². The lowest BCUT2D eigenvalue weighted by Gasteiger charge is -2.33. The van der Waals surface area contributed by atoms with Crippen molar-refractivity contribution >= 4 is 35.2 Å². The van der Waals surface area contributed by atoms with Gasteiger partial charge in [-0.3, -0.25) is 14.4 Å². The van der Waals surface area contributed by atoms with Crippen molar-refractivity contribution < 1.29 is 14.4 Å². The van der Waals surface area contributed by atoms with Gasteiger partial charge in [-0.2, -0.15) is 0 Å². The Balaban J connectivity index is 1.16. The highest BCUT2D eigenvalue weighted by molar-refractivity contribution is 8.00. The first-order valence-corrected chi connectivity index (χ1v) is 13.8. The predicted molar refractivity (Wildman–Crippen MR) is 139 cm³/mol. The van der Waals surface area contributed by atoms with Gasteiger partial charge in [-0.1, -0.05) is 30.3 Å². The largest absolute Gasteiger partial charge is 0.343 e. The summed E-state index contributed by atoms with van der Waals surface area (Å²) < 4.78 is 0. The van der Waals surface area contributed by atoms with Crippen molar-refractivity contribution in [3.8, 4) is 0 Å². The zero-order valence-electron chi connectivity index (χ0n) is 20.2. The van der Waals surface area contributed by atoms with Crippen LogP contribution in [0.1, 0.15) is 48.0 Å². The minimum atomic E-state index is 0.0244. The van der Waals surface area contributed by atoms with Gasteiger partial charge < -0.3 is 14.7 Å². The lowest BCUT2D eigenvalue weighted by Crippen LogP contribution is -2.40. The number of thioether (sulfide) groups is 1. The molecule has 0 aliphatic carbocycles. The number of anilines is 1. The molecule has 3 aliphatic heterocycles. The fourth-order valence-electron chi connectivity index (χ4n) is 5.44. The van der Waals surface area contributed by atoms with Crippen LogP contribution in [0.2, 0.25) is 0 Å². The summed E-state index contributed by atoms with van der Waals surface area (Å²) in [7, 11) is 0. The van der Waals surface area contributed by atoms with E-state index in [1.165, 1.54) is 17.3 Å². The molecular formula is C28H33N3O3S. The zero-order valence-corrected chi connectivity index (χ0v) is 21.0. The van der Waals surface area contributed by atoms with Gasteiger partial charge in [-0.15, -0.1) is 11.8 Å². The SMILES string of the molecule is O=C(CC1CCN(C(=O)c2ccccc2SCC(=O)N2CCc3ccccc32)CC1)N1CCCC1. The van der Waals surface area contributed by atoms with E-state index in [-0.39, 0.29) is 17.7 Å². The predicted octanol–water partition coefficient (Wildman–Crippen LogP) is 4.23. The number of likely N-dealkylation sites (tertiary alicyclic amines) is 2. The molecule has 0 radical (unpaired) electrons. The second-order valence-corrected chi connectivity index (χ2v) is 10.8. The van der Waals surface area contributed by atoms with Crippen molar-refractivity contribution in [2.45, 2.75) is 43.4 Å². The van der Waals surface area contributed by atoms with Crippen molar-refractivity contribution in [1.82, 2.24) is 9.80 Å². The third-order valence-electron chi connectivity index (χ3n) is 7.48. The van der Waals surface area contributed by atoms with E-state index in [0.29, 0.717) is 43.3 Å². The van der Waals surface area contributed by atoms with Crippen molar-refractivity contribution in [2.24, 2.45) is 5.92 Å². The molecule has 2 saturated heterocycles. The normalized spacial score (nSPS) is 18.1. The summed E-state index contributed by atoms with van der Waals surface area (Å²) in [5, 5.41) is 0. The molecule has 6 nitrogen and oxygen atoms in total. The molecule has 5 rings (SSSR count). The summed E-state index contributed by atoms with van der Waals surface area (Å²) in [6, 6.07) is 15.7. The van der Waals surface area contributed by atoms with E-state index in [1.807, 2.05) is 57.2 Å². The molecule has 3 amide bonds. The molecule has 184 valence electrons. The van der Waals surface area contributed by atoms with Crippen LogP contribution < -0.4 is 4.90 Å². The lowest BCUT2D eigenvalue weighted by molar-refractivity contribution is -0.131. The molecule has 0 N–H and O–H groups in total. The number of piperidine rings is 1. The number of carbonyl (C=O) groups is 3. The number of rotatable bonds is 6. The molecular weight excluding hydrogens is 458 g/mol. The van der Waals surface area contributed by atoms with Gasteiger partial charge in [0.2, 0.25) is 11.8 Å². The third-order valence-corrected chi connectivity index (χ3v) is 8.54. The summed E-state index contributed by atoms with van der Waals surface area (Å²) in [6.45, 7) is 3.88. The molecule has 35 heavy (non-hydrogen) atoms. The number of nitrogens with zero attached hydrogens (tertiary/aromatic N) is 3. The van der Waals surface area contributed by atoms with Crippen LogP contribution in [0.3, 0.4) is 0 Å². The Hall–Kier alpha value is -2.80. The average molecular weight is 492 g/mol. The van der Waals surface area contributed by atoms with E-state index < -0.39 is 0 Å². The number of carbonyl (C=O) groups excluding carboxylic acids is 3. The Morgan fingerprint density at radius 2 is 1.51 bits per heavy atom. The minimum Gasteiger partial charge on any atom is -0.343 e. The van der Waals surface area contributed by atoms with Crippen molar-refractivity contribution in [1.29, 1.82) is 0 Å². The van der Waals surface area contributed by atoms with Crippen LogP contribution >= 0.6 is 11.8 Å². The van der Waals surface area contributed by atoms with Crippen LogP contribution in [0.15, 0.2) is 53.4 Å². The monoisotopic (exact) mass is 491 g/mol. The minimum absolute atomic E-state index is 0.0244. The Labute approximate surface area is 211 Å². The van der Waals surface area contributed by atoms with Crippen LogP contribution in [0.4, 0.5) is 5.69 Å². The molecule has 0 bridgehead atoms. The van der Waals surface area contributed by atoms with Crippen molar-refractivity contribution in [3.05, 3.63) is 59.7 Å². The number of benzene rings is 2. The Morgan fingerprint density at radius 1 is 0.800 bits per heavy atom. The first-order chi connectivity index (χ1) is 17.1. The average Bonchev–Trinajstić information content (AvgIpc) is 3.58. The summed E-state index contributed by atoms with van der Waals surface area (Å²) >= 11 is 1.44. The smallest absolute Gasteiger partial charge is 0.254 e. The third kappa shape index (κ3) is 5.40. The Bertz CT molecular complexity index is 1090. The highest BCUT2D eigenvalue weighted by Crippen LogP contribution is 2.31. The lowest BCUT2D eigenvalue weighted by atomic mass is 9.92. The van der Waals surface area contributed by atoms with Crippen LogP contribution in [0, 0.1) is 5.92 Å². The van der Waals surface area contributed by atoms with Gasteiger partial charge in [0.15, 0.2) is 0 Å². The van der Waals surface area contributed by atoms with E-state index in [0.717, 1.165) is 55.8 Å². The number of para-hydroxylation sites is 1. The summed E-state index contributed by atoms with van der Waals surface area (Å²) in [5.74, 6) is 1.04. The Kier molecular flexibility index (Phi) is 7.42. The molecule has 3 heterocycles. The van der Waals surface area contributed by atoms with E-state index in [9.17, 15) is 14.4 Å². The molecule has 0 saturated carbocycles. The standard InChI is InChI=1S/C28H33N3O3S/c32-26(29-14-5-6-15-29)19-21-11-16-30(17-12-21)28(34)23-8-2-4-10-25(23)35-20-27(33)31-18-13-22-7-1-3-9-24(22)31/h1-4,7-10,21H,5-6,11-20H2. The maximum absolute atomic E-state index is 13.4. The molecule has 0 aromatic heterocycles. The van der Waals surface area contributed by atoms with Gasteiger partial charge in [0.05, 0.1) is 11.3 Å². The van der Waals surface area contributed by atoms with Crippen molar-refractivity contribution in [3.63, 3.8) is 0 Å². The van der Waals surface area contributed by atoms with E-state index in [1.54, 1.807) is 0 Å². The van der Waals surface area contributed by atoms with Gasteiger partial charge in [0.1, 0.15) is 0 Å². The second kappa shape index (κ2) is 10.9. The maximum atomic E-state index is 13.4. The molecule has 0 unspecified atom stereocenters. The van der Waals surface area contributed by atoms with Gasteiger partial charge in [-0.25, -0.2) is 0 Å². The first-order valence-electron chi connectivity index (χ1n) is 12.8. The molecule has 0 atom stereocenters. The van der Waals surface area contributed by atoms with Crippen LogP contribution in [0.25, 0.3) is 0 Å². The van der Waals surface area contributed by atoms with Gasteiger partial charge in [0, 0.05) is 49.7 Å². The molecule has 0 spiro atoms. The quantitative estimate of drug-likeness (QED) is 0.568. The summed E-state index contributed by atoms with van der Waals surface area (Å²) in [5.41, 5.74) is 2.89. The highest BCUT2D eigenvalue weighted by Gasteiger charge is 2.29. The fourth-order valence-corrected chi connectivity index (χ4v) is 6.36. The highest BCUT2D eigenvalue weighted by atomic mass is 32.2. The maximum Gasteiger partial charge on any atom is 0.254 e. The molecule has 2 fully saturated rings. The van der Waals surface area contributed by atoms with E-state index in [2.05, 4.69) is 6.07 Å². The fraction of sp³-hybridized carbons (Fsp3) is 0.464. The van der Waals surface area contributed by atoms with Gasteiger partial charge in [0.25, 0.3) is 5.91 Å². The number of amides is 3. The van der Waals surface area contributed by atoms with Crippen molar-refractivity contribution in [2.75, 3.05) is 43.4 Å². The molecule has 3 aliphatic rings.